The topological polar surface area (TPSA) is 70.9 Å². The van der Waals surface area contributed by atoms with E-state index in [1.165, 1.54) is 6.21 Å². The van der Waals surface area contributed by atoms with E-state index in [0.29, 0.717) is 18.1 Å². The van der Waals surface area contributed by atoms with Gasteiger partial charge in [0.25, 0.3) is 0 Å². The number of aliphatic hydroxyl groups excluding tert-OH is 1. The van der Waals surface area contributed by atoms with Gasteiger partial charge in [0.05, 0.1) is 18.9 Å². The summed E-state index contributed by atoms with van der Waals surface area (Å²) in [4.78, 5) is 11.8. The van der Waals surface area contributed by atoms with Crippen LogP contribution in [0.4, 0.5) is 0 Å². The average Bonchev–Trinajstić information content (AvgIpc) is 2.61. The van der Waals surface area contributed by atoms with Crippen molar-refractivity contribution >= 4 is 23.7 Å². The summed E-state index contributed by atoms with van der Waals surface area (Å²) < 4.78 is 5.36. The Morgan fingerprint density at radius 1 is 1.32 bits per heavy atom. The van der Waals surface area contributed by atoms with E-state index in [-0.39, 0.29) is 12.3 Å². The summed E-state index contributed by atoms with van der Waals surface area (Å²) in [5, 5.41) is 14.6. The van der Waals surface area contributed by atoms with E-state index in [1.807, 2.05) is 13.0 Å². The molecule has 5 nitrogen and oxygen atoms in total. The van der Waals surface area contributed by atoms with Gasteiger partial charge in [-0.2, -0.15) is 5.10 Å². The number of nitrogens with zero attached hydrogens (tertiary/aromatic N) is 1. The van der Waals surface area contributed by atoms with Crippen LogP contribution in [0, 0.1) is 0 Å². The number of carbonyl (C=O) groups excluding carboxylic acids is 1. The van der Waals surface area contributed by atoms with Crippen molar-refractivity contribution in [3.63, 3.8) is 0 Å². The van der Waals surface area contributed by atoms with E-state index in [2.05, 4.69) is 10.5 Å². The van der Waals surface area contributed by atoms with Gasteiger partial charge in [-0.1, -0.05) is 35.9 Å². The largest absolute Gasteiger partial charge is 0.494 e. The molecule has 0 spiro atoms. The third-order valence-electron chi connectivity index (χ3n) is 3.47. The minimum atomic E-state index is -0.710. The highest BCUT2D eigenvalue weighted by Crippen LogP contribution is 2.21. The van der Waals surface area contributed by atoms with Gasteiger partial charge in [0.2, 0.25) is 5.91 Å². The monoisotopic (exact) mass is 360 g/mol. The highest BCUT2D eigenvalue weighted by molar-refractivity contribution is 6.30. The van der Waals surface area contributed by atoms with Crippen molar-refractivity contribution in [3.05, 3.63) is 64.7 Å². The van der Waals surface area contributed by atoms with Gasteiger partial charge >= 0.3 is 0 Å². The van der Waals surface area contributed by atoms with Gasteiger partial charge in [-0.15, -0.1) is 0 Å². The summed E-state index contributed by atoms with van der Waals surface area (Å²) in [6, 6.07) is 14.3. The maximum absolute atomic E-state index is 11.8. The van der Waals surface area contributed by atoms with Crippen molar-refractivity contribution in [2.45, 2.75) is 25.9 Å². The molecule has 0 saturated heterocycles. The molecule has 1 atom stereocenters. The molecule has 0 bridgehead atoms. The molecule has 0 aromatic heterocycles. The maximum Gasteiger partial charge on any atom is 0.240 e. The molecule has 0 radical (unpaired) electrons. The van der Waals surface area contributed by atoms with Crippen LogP contribution < -0.4 is 10.2 Å². The maximum atomic E-state index is 11.8. The first-order valence-corrected chi connectivity index (χ1v) is 8.44. The summed E-state index contributed by atoms with van der Waals surface area (Å²) in [6.07, 6.45) is 1.29. The first-order valence-electron chi connectivity index (χ1n) is 8.06. The Morgan fingerprint density at radius 3 is 2.76 bits per heavy atom. The predicted molar refractivity (Wildman–Crippen MR) is 99.0 cm³/mol. The lowest BCUT2D eigenvalue weighted by atomic mass is 10.0. The molecule has 6 heteroatoms. The van der Waals surface area contributed by atoms with Crippen molar-refractivity contribution in [1.29, 1.82) is 0 Å². The van der Waals surface area contributed by atoms with Crippen LogP contribution in [0.25, 0.3) is 0 Å². The molecule has 2 aromatic rings. The molecule has 0 heterocycles. The standard InChI is InChI=1S/C19H21ClN2O3/c1-2-25-17-8-6-15(7-9-17)18(23)10-11-19(24)22-21-13-14-4-3-5-16(20)12-14/h3-9,12-13,18,23H,2,10-11H2,1H3,(H,22,24)/b21-13+. The Labute approximate surface area is 152 Å². The fraction of sp³-hybridized carbons (Fsp3) is 0.263. The summed E-state index contributed by atoms with van der Waals surface area (Å²) in [7, 11) is 0. The van der Waals surface area contributed by atoms with Crippen LogP contribution in [0.3, 0.4) is 0 Å². The average molecular weight is 361 g/mol. The molecule has 132 valence electrons. The molecular weight excluding hydrogens is 340 g/mol. The zero-order valence-corrected chi connectivity index (χ0v) is 14.7. The molecule has 0 aliphatic rings. The summed E-state index contributed by atoms with van der Waals surface area (Å²) >= 11 is 5.87. The van der Waals surface area contributed by atoms with Gasteiger partial charge < -0.3 is 9.84 Å². The van der Waals surface area contributed by atoms with E-state index in [4.69, 9.17) is 16.3 Å². The zero-order valence-electron chi connectivity index (χ0n) is 14.0. The second-order valence-electron chi connectivity index (χ2n) is 5.40. The van der Waals surface area contributed by atoms with Gasteiger partial charge in [-0.3, -0.25) is 4.79 Å². The number of benzene rings is 2. The predicted octanol–water partition coefficient (Wildman–Crippen LogP) is 3.70. The number of hydrogen-bond acceptors (Lipinski definition) is 4. The van der Waals surface area contributed by atoms with Crippen molar-refractivity contribution in [2.24, 2.45) is 5.10 Å². The summed E-state index contributed by atoms with van der Waals surface area (Å²) in [5.74, 6) is 0.495. The molecule has 1 unspecified atom stereocenters. The number of rotatable bonds is 8. The molecule has 0 saturated carbocycles. The van der Waals surface area contributed by atoms with Crippen molar-refractivity contribution in [1.82, 2.24) is 5.43 Å². The third-order valence-corrected chi connectivity index (χ3v) is 3.71. The highest BCUT2D eigenvalue weighted by atomic mass is 35.5. The fourth-order valence-electron chi connectivity index (χ4n) is 2.21. The van der Waals surface area contributed by atoms with E-state index in [0.717, 1.165) is 16.9 Å². The summed E-state index contributed by atoms with van der Waals surface area (Å²) in [6.45, 7) is 2.51. The number of aliphatic hydroxyl groups is 1. The van der Waals surface area contributed by atoms with Gasteiger partial charge in [0.15, 0.2) is 0 Å². The minimum absolute atomic E-state index is 0.168. The van der Waals surface area contributed by atoms with Crippen LogP contribution in [0.5, 0.6) is 5.75 Å². The minimum Gasteiger partial charge on any atom is -0.494 e. The van der Waals surface area contributed by atoms with Crippen LogP contribution >= 0.6 is 11.6 Å². The van der Waals surface area contributed by atoms with Crippen LogP contribution in [0.1, 0.15) is 37.0 Å². The number of ether oxygens (including phenoxy) is 1. The Kier molecular flexibility index (Phi) is 7.44. The second kappa shape index (κ2) is 9.81. The van der Waals surface area contributed by atoms with E-state index in [9.17, 15) is 9.90 Å². The highest BCUT2D eigenvalue weighted by Gasteiger charge is 2.10. The Bertz CT molecular complexity index is 717. The Balaban J connectivity index is 1.77. The van der Waals surface area contributed by atoms with Gasteiger partial charge in [0.1, 0.15) is 5.75 Å². The molecule has 25 heavy (non-hydrogen) atoms. The smallest absolute Gasteiger partial charge is 0.240 e. The van der Waals surface area contributed by atoms with E-state index < -0.39 is 6.10 Å². The number of nitrogens with one attached hydrogen (secondary N) is 1. The van der Waals surface area contributed by atoms with Crippen molar-refractivity contribution < 1.29 is 14.6 Å². The SMILES string of the molecule is CCOc1ccc(C(O)CCC(=O)N/N=C/c2cccc(Cl)c2)cc1. The lowest BCUT2D eigenvalue weighted by Crippen LogP contribution is -2.18. The molecular formula is C19H21ClN2O3. The van der Waals surface area contributed by atoms with E-state index >= 15 is 0 Å². The first kappa shape index (κ1) is 19.0. The lowest BCUT2D eigenvalue weighted by Gasteiger charge is -2.11. The zero-order chi connectivity index (χ0) is 18.1. The molecule has 2 N–H and O–H groups in total. The molecule has 2 rings (SSSR count). The number of amides is 1. The first-order chi connectivity index (χ1) is 12.1. The van der Waals surface area contributed by atoms with Crippen molar-refractivity contribution in [2.75, 3.05) is 6.61 Å². The molecule has 0 aliphatic carbocycles. The fourth-order valence-corrected chi connectivity index (χ4v) is 2.41. The van der Waals surface area contributed by atoms with Crippen LogP contribution in [-0.4, -0.2) is 23.8 Å². The number of carbonyl (C=O) groups is 1. The third kappa shape index (κ3) is 6.57. The number of hydrogen-bond donors (Lipinski definition) is 2. The normalized spacial score (nSPS) is 12.1. The Hall–Kier alpha value is -2.37. The van der Waals surface area contributed by atoms with Crippen LogP contribution in [0.15, 0.2) is 53.6 Å². The van der Waals surface area contributed by atoms with Gasteiger partial charge in [0, 0.05) is 11.4 Å². The van der Waals surface area contributed by atoms with Gasteiger partial charge in [-0.25, -0.2) is 5.43 Å². The quantitative estimate of drug-likeness (QED) is 0.557. The molecule has 1 amide bonds. The molecule has 0 aliphatic heterocycles. The Morgan fingerprint density at radius 2 is 2.08 bits per heavy atom. The summed E-state index contributed by atoms with van der Waals surface area (Å²) in [5.41, 5.74) is 3.98. The van der Waals surface area contributed by atoms with Crippen LogP contribution in [0.2, 0.25) is 5.02 Å². The van der Waals surface area contributed by atoms with Crippen molar-refractivity contribution in [3.8, 4) is 5.75 Å². The number of hydrazone groups is 1. The van der Waals surface area contributed by atoms with Crippen LogP contribution in [-0.2, 0) is 4.79 Å². The second-order valence-corrected chi connectivity index (χ2v) is 5.84. The molecule has 0 fully saturated rings. The number of halogens is 1. The lowest BCUT2D eigenvalue weighted by molar-refractivity contribution is -0.121. The molecule has 2 aromatic carbocycles. The van der Waals surface area contributed by atoms with E-state index in [1.54, 1.807) is 42.5 Å². The van der Waals surface area contributed by atoms with Gasteiger partial charge in [-0.05, 0) is 48.7 Å².